The highest BCUT2D eigenvalue weighted by atomic mass is 35.5. The smallest absolute Gasteiger partial charge is 0.358 e. The lowest BCUT2D eigenvalue weighted by molar-refractivity contribution is 0.0518. The van der Waals surface area contributed by atoms with Gasteiger partial charge in [-0.3, -0.25) is 4.79 Å². The van der Waals surface area contributed by atoms with E-state index in [1.165, 1.54) is 12.1 Å². The number of anilines is 1. The van der Waals surface area contributed by atoms with Gasteiger partial charge >= 0.3 is 5.97 Å². The lowest BCUT2D eigenvalue weighted by atomic mass is 10.1. The third-order valence-electron chi connectivity index (χ3n) is 6.64. The Balaban J connectivity index is 1.34. The van der Waals surface area contributed by atoms with Crippen molar-refractivity contribution in [2.24, 2.45) is 0 Å². The van der Waals surface area contributed by atoms with Crippen molar-refractivity contribution in [3.05, 3.63) is 93.9 Å². The summed E-state index contributed by atoms with van der Waals surface area (Å²) in [5.41, 5.74) is 5.40. The third kappa shape index (κ3) is 5.77. The van der Waals surface area contributed by atoms with Crippen LogP contribution in [0, 0.1) is 6.92 Å². The molecule has 10 heteroatoms. The highest BCUT2D eigenvalue weighted by molar-refractivity contribution is 6.33. The van der Waals surface area contributed by atoms with E-state index >= 15 is 0 Å². The fourth-order valence-corrected chi connectivity index (χ4v) is 5.12. The van der Waals surface area contributed by atoms with Crippen molar-refractivity contribution in [1.82, 2.24) is 19.7 Å². The molecule has 8 nitrogen and oxygen atoms in total. The number of carbonyl (C=O) groups excluding carboxylic acids is 2. The van der Waals surface area contributed by atoms with E-state index in [1.54, 1.807) is 22.6 Å². The van der Waals surface area contributed by atoms with Gasteiger partial charge in [0.15, 0.2) is 5.69 Å². The number of para-hydroxylation sites is 1. The van der Waals surface area contributed by atoms with Crippen molar-refractivity contribution in [2.45, 2.75) is 13.8 Å². The maximum absolute atomic E-state index is 12.9. The average Bonchev–Trinajstić information content (AvgIpc) is 3.38. The largest absolute Gasteiger partial charge is 0.461 e. The van der Waals surface area contributed by atoms with Crippen molar-refractivity contribution in [3.8, 4) is 16.9 Å². The van der Waals surface area contributed by atoms with E-state index in [0.717, 1.165) is 28.2 Å². The fourth-order valence-electron chi connectivity index (χ4n) is 4.66. The van der Waals surface area contributed by atoms with Crippen LogP contribution >= 0.6 is 23.2 Å². The number of esters is 1. The van der Waals surface area contributed by atoms with Crippen molar-refractivity contribution in [2.75, 3.05) is 37.7 Å². The van der Waals surface area contributed by atoms with Gasteiger partial charge in [-0.2, -0.15) is 5.10 Å². The molecule has 1 fully saturated rings. The highest BCUT2D eigenvalue weighted by Gasteiger charge is 2.24. The van der Waals surface area contributed by atoms with E-state index in [-0.39, 0.29) is 28.5 Å². The van der Waals surface area contributed by atoms with Gasteiger partial charge in [0, 0.05) is 43.0 Å². The summed E-state index contributed by atoms with van der Waals surface area (Å²) in [6.45, 7) is 6.58. The molecular formula is C29H27Cl2N5O3. The first-order valence-corrected chi connectivity index (χ1v) is 13.4. The lowest BCUT2D eigenvalue weighted by Crippen LogP contribution is -2.48. The molecule has 1 saturated heterocycles. The second kappa shape index (κ2) is 11.5. The van der Waals surface area contributed by atoms with Gasteiger partial charge in [0.05, 0.1) is 18.0 Å². The molecule has 39 heavy (non-hydrogen) atoms. The number of rotatable bonds is 6. The maximum Gasteiger partial charge on any atom is 0.358 e. The zero-order valence-electron chi connectivity index (χ0n) is 21.6. The summed E-state index contributed by atoms with van der Waals surface area (Å²) in [7, 11) is 0. The molecule has 0 aliphatic carbocycles. The van der Waals surface area contributed by atoms with Crippen LogP contribution in [0.15, 0.2) is 66.7 Å². The van der Waals surface area contributed by atoms with E-state index in [2.05, 4.69) is 27.1 Å². The number of aryl methyl sites for hydroxylation is 1. The van der Waals surface area contributed by atoms with Gasteiger partial charge in [-0.1, -0.05) is 53.5 Å². The number of pyridine rings is 1. The van der Waals surface area contributed by atoms with Crippen LogP contribution in [-0.4, -0.2) is 64.3 Å². The number of hydrogen-bond donors (Lipinski definition) is 0. The first-order chi connectivity index (χ1) is 18.8. The normalized spacial score (nSPS) is 13.4. The Hall–Kier alpha value is -3.88. The van der Waals surface area contributed by atoms with Crippen LogP contribution < -0.4 is 4.90 Å². The van der Waals surface area contributed by atoms with Crippen LogP contribution in [0.1, 0.15) is 33.3 Å². The molecule has 2 aromatic carbocycles. The molecule has 200 valence electrons. The number of piperazine rings is 1. The lowest BCUT2D eigenvalue weighted by Gasteiger charge is -2.36. The quantitative estimate of drug-likeness (QED) is 0.221. The number of amides is 1. The average molecular weight is 564 g/mol. The number of hydrogen-bond acceptors (Lipinski definition) is 6. The molecule has 0 bridgehead atoms. The molecular weight excluding hydrogens is 537 g/mol. The van der Waals surface area contributed by atoms with Crippen LogP contribution in [0.4, 0.5) is 5.69 Å². The number of aromatic nitrogens is 3. The van der Waals surface area contributed by atoms with E-state index in [0.29, 0.717) is 31.7 Å². The zero-order chi connectivity index (χ0) is 27.5. The number of halogens is 2. The van der Waals surface area contributed by atoms with Gasteiger partial charge in [0.2, 0.25) is 0 Å². The Morgan fingerprint density at radius 1 is 0.923 bits per heavy atom. The summed E-state index contributed by atoms with van der Waals surface area (Å²) in [5.74, 6) is -0.565. The zero-order valence-corrected chi connectivity index (χ0v) is 23.1. The topological polar surface area (TPSA) is 80.6 Å². The first kappa shape index (κ1) is 26.7. The Morgan fingerprint density at radius 3 is 2.23 bits per heavy atom. The predicted octanol–water partition coefficient (Wildman–Crippen LogP) is 5.69. The Kier molecular flexibility index (Phi) is 7.86. The Bertz CT molecular complexity index is 1490. The minimum absolute atomic E-state index is 0.113. The van der Waals surface area contributed by atoms with Crippen molar-refractivity contribution < 1.29 is 14.3 Å². The molecule has 2 aromatic heterocycles. The molecule has 0 unspecified atom stereocenters. The summed E-state index contributed by atoms with van der Waals surface area (Å²) in [6.07, 6.45) is 0. The van der Waals surface area contributed by atoms with Gasteiger partial charge in [-0.25, -0.2) is 14.5 Å². The maximum atomic E-state index is 12.9. The monoisotopic (exact) mass is 563 g/mol. The van der Waals surface area contributed by atoms with Gasteiger partial charge in [-0.15, -0.1) is 0 Å². The summed E-state index contributed by atoms with van der Waals surface area (Å²) >= 11 is 11.9. The Labute approximate surface area is 236 Å². The van der Waals surface area contributed by atoms with E-state index < -0.39 is 5.97 Å². The predicted molar refractivity (Wildman–Crippen MR) is 152 cm³/mol. The number of benzene rings is 2. The summed E-state index contributed by atoms with van der Waals surface area (Å²) in [5, 5.41) is 4.98. The number of nitrogens with zero attached hydrogens (tertiary/aromatic N) is 5. The third-order valence-corrected chi connectivity index (χ3v) is 7.03. The van der Waals surface area contributed by atoms with Crippen molar-refractivity contribution in [1.29, 1.82) is 0 Å². The van der Waals surface area contributed by atoms with E-state index in [1.807, 2.05) is 43.3 Å². The fraction of sp³-hybridized carbons (Fsp3) is 0.241. The van der Waals surface area contributed by atoms with E-state index in [4.69, 9.17) is 27.9 Å². The van der Waals surface area contributed by atoms with Crippen LogP contribution in [0.25, 0.3) is 16.9 Å². The van der Waals surface area contributed by atoms with Crippen LogP contribution in [0.5, 0.6) is 0 Å². The van der Waals surface area contributed by atoms with Gasteiger partial charge in [-0.05, 0) is 55.8 Å². The first-order valence-electron chi connectivity index (χ1n) is 12.6. The summed E-state index contributed by atoms with van der Waals surface area (Å²) < 4.78 is 6.99. The molecule has 1 aliphatic heterocycles. The van der Waals surface area contributed by atoms with Gasteiger partial charge < -0.3 is 14.5 Å². The minimum Gasteiger partial charge on any atom is -0.461 e. The van der Waals surface area contributed by atoms with Crippen molar-refractivity contribution >= 4 is 40.8 Å². The van der Waals surface area contributed by atoms with Crippen LogP contribution in [0.2, 0.25) is 10.3 Å². The van der Waals surface area contributed by atoms with E-state index in [9.17, 15) is 9.59 Å². The summed E-state index contributed by atoms with van der Waals surface area (Å²) in [4.78, 5) is 33.3. The molecule has 0 radical (unpaired) electrons. The van der Waals surface area contributed by atoms with Crippen LogP contribution in [-0.2, 0) is 4.74 Å². The molecule has 0 spiro atoms. The molecule has 1 amide bonds. The van der Waals surface area contributed by atoms with Crippen molar-refractivity contribution in [3.63, 3.8) is 0 Å². The van der Waals surface area contributed by atoms with Gasteiger partial charge in [0.25, 0.3) is 5.91 Å². The standard InChI is InChI=1S/C29H27Cl2N5O3/c1-3-39-29(38)23-18-25(36(33-23)24-7-5-4-6-19(24)2)20-8-10-22(11-9-20)34-12-14-35(15-13-34)28(37)21-16-26(30)32-27(31)17-21/h4-11,16-18H,3,12-15H2,1-2H3. The minimum atomic E-state index is -0.452. The molecule has 0 atom stereocenters. The molecule has 3 heterocycles. The second-order valence-corrected chi connectivity index (χ2v) is 9.94. The summed E-state index contributed by atoms with van der Waals surface area (Å²) in [6, 6.07) is 20.9. The molecule has 5 rings (SSSR count). The highest BCUT2D eigenvalue weighted by Crippen LogP contribution is 2.29. The molecule has 4 aromatic rings. The van der Waals surface area contributed by atoms with Gasteiger partial charge in [0.1, 0.15) is 10.3 Å². The molecule has 0 saturated carbocycles. The molecule has 1 aliphatic rings. The SMILES string of the molecule is CCOC(=O)c1cc(-c2ccc(N3CCN(C(=O)c4cc(Cl)nc(Cl)c4)CC3)cc2)n(-c2ccccc2C)n1. The number of carbonyl (C=O) groups is 2. The van der Waals surface area contributed by atoms with Crippen LogP contribution in [0.3, 0.4) is 0 Å². The molecule has 0 N–H and O–H groups in total. The number of ether oxygens (including phenoxy) is 1. The Morgan fingerprint density at radius 2 is 1.59 bits per heavy atom. The second-order valence-electron chi connectivity index (χ2n) is 9.16.